The molecule has 0 radical (unpaired) electrons. The van der Waals surface area contributed by atoms with Crippen LogP contribution >= 0.6 is 0 Å². The number of primary amides is 1. The summed E-state index contributed by atoms with van der Waals surface area (Å²) < 4.78 is 4.49. The zero-order valence-corrected chi connectivity index (χ0v) is 9.65. The molecule has 0 heterocycles. The molecule has 3 N–H and O–H groups in total. The lowest BCUT2D eigenvalue weighted by atomic mass is 10.2. The Hall–Kier alpha value is -1.63. The number of nitrogens with two attached hydrogens (primary N) is 1. The summed E-state index contributed by atoms with van der Waals surface area (Å²) in [5, 5.41) is 1.95. The van der Waals surface area contributed by atoms with Crippen molar-refractivity contribution < 1.29 is 19.1 Å². The van der Waals surface area contributed by atoms with E-state index in [-0.39, 0.29) is 6.54 Å². The van der Waals surface area contributed by atoms with Crippen molar-refractivity contribution in [3.8, 4) is 0 Å². The van der Waals surface area contributed by atoms with Crippen molar-refractivity contribution in [2.24, 2.45) is 5.73 Å². The van der Waals surface area contributed by atoms with E-state index in [1.54, 1.807) is 18.7 Å². The maximum atomic E-state index is 11.4. The second kappa shape index (κ2) is 6.78. The highest BCUT2D eigenvalue weighted by Crippen LogP contribution is 1.99. The predicted octanol–water partition coefficient (Wildman–Crippen LogP) is -0.935. The van der Waals surface area contributed by atoms with Gasteiger partial charge in [0, 0.05) is 0 Å². The molecule has 0 spiro atoms. The van der Waals surface area contributed by atoms with Crippen molar-refractivity contribution in [3.05, 3.63) is 0 Å². The van der Waals surface area contributed by atoms with E-state index in [2.05, 4.69) is 4.74 Å². The predicted molar refractivity (Wildman–Crippen MR) is 56.5 cm³/mol. The van der Waals surface area contributed by atoms with Crippen LogP contribution < -0.4 is 11.1 Å². The number of imide groups is 1. The van der Waals surface area contributed by atoms with Crippen LogP contribution in [-0.4, -0.2) is 49.0 Å². The van der Waals surface area contributed by atoms with Crippen LogP contribution in [0.25, 0.3) is 0 Å². The summed E-state index contributed by atoms with van der Waals surface area (Å²) in [4.78, 5) is 34.5. The van der Waals surface area contributed by atoms with Crippen LogP contribution in [0, 0.1) is 0 Å². The topological polar surface area (TPSA) is 102 Å². The highest BCUT2D eigenvalue weighted by atomic mass is 16.5. The average molecular weight is 231 g/mol. The van der Waals surface area contributed by atoms with Crippen molar-refractivity contribution in [1.82, 2.24) is 10.2 Å². The largest absolute Gasteiger partial charge is 0.468 e. The molecule has 0 saturated carbocycles. The Balaban J connectivity index is 4.40. The zero-order chi connectivity index (χ0) is 12.7. The molecule has 7 nitrogen and oxygen atoms in total. The molecule has 0 aromatic carbocycles. The van der Waals surface area contributed by atoms with Gasteiger partial charge in [0.05, 0.1) is 19.7 Å². The van der Waals surface area contributed by atoms with Crippen LogP contribution in [-0.2, 0) is 14.3 Å². The average Bonchev–Trinajstić information content (AvgIpc) is 2.23. The molecule has 0 aliphatic heterocycles. The van der Waals surface area contributed by atoms with E-state index in [1.807, 2.05) is 5.32 Å². The Morgan fingerprint density at radius 3 is 2.38 bits per heavy atom. The zero-order valence-electron chi connectivity index (χ0n) is 9.65. The van der Waals surface area contributed by atoms with Crippen LogP contribution in [0.5, 0.6) is 0 Å². The number of esters is 1. The second-order valence-corrected chi connectivity index (χ2v) is 3.17. The van der Waals surface area contributed by atoms with E-state index in [1.165, 1.54) is 7.11 Å². The number of rotatable bonds is 5. The van der Waals surface area contributed by atoms with Crippen LogP contribution in [0.2, 0.25) is 0 Å². The third-order valence-corrected chi connectivity index (χ3v) is 2.14. The van der Waals surface area contributed by atoms with Gasteiger partial charge in [-0.05, 0) is 13.5 Å². The number of carbonyl (C=O) groups is 3. The van der Waals surface area contributed by atoms with Gasteiger partial charge in [0.25, 0.3) is 0 Å². The summed E-state index contributed by atoms with van der Waals surface area (Å²) in [7, 11) is 1.27. The van der Waals surface area contributed by atoms with E-state index in [0.29, 0.717) is 6.54 Å². The smallest absolute Gasteiger partial charge is 0.319 e. The third-order valence-electron chi connectivity index (χ3n) is 2.14. The minimum absolute atomic E-state index is 0.0135. The van der Waals surface area contributed by atoms with E-state index in [9.17, 15) is 14.4 Å². The molecular formula is C9H17N3O4. The number of ether oxygens (including phenoxy) is 1. The van der Waals surface area contributed by atoms with Gasteiger partial charge in [-0.2, -0.15) is 0 Å². The number of nitrogens with zero attached hydrogens (tertiary/aromatic N) is 1. The van der Waals surface area contributed by atoms with Crippen molar-refractivity contribution in [1.29, 1.82) is 0 Å². The number of urea groups is 1. The fourth-order valence-electron chi connectivity index (χ4n) is 1.14. The maximum Gasteiger partial charge on any atom is 0.319 e. The molecular weight excluding hydrogens is 214 g/mol. The number of hydrogen-bond donors (Lipinski definition) is 2. The third kappa shape index (κ3) is 4.74. The summed E-state index contributed by atoms with van der Waals surface area (Å²) in [6.45, 7) is 3.82. The first kappa shape index (κ1) is 14.4. The monoisotopic (exact) mass is 231 g/mol. The normalized spacial score (nSPS) is 12.0. The molecule has 0 saturated heterocycles. The lowest BCUT2D eigenvalue weighted by Gasteiger charge is -2.24. The Morgan fingerprint density at radius 2 is 2.00 bits per heavy atom. The van der Waals surface area contributed by atoms with Crippen molar-refractivity contribution in [2.75, 3.05) is 20.2 Å². The molecule has 0 aromatic rings. The maximum absolute atomic E-state index is 11.4. The Morgan fingerprint density at radius 1 is 1.44 bits per heavy atom. The van der Waals surface area contributed by atoms with Gasteiger partial charge in [-0.1, -0.05) is 6.92 Å². The highest BCUT2D eigenvalue weighted by molar-refractivity contribution is 5.96. The van der Waals surface area contributed by atoms with Crippen LogP contribution in [0.3, 0.4) is 0 Å². The number of likely N-dealkylation sites (N-methyl/N-ethyl adjacent to an activating group) is 1. The molecule has 92 valence electrons. The van der Waals surface area contributed by atoms with Crippen molar-refractivity contribution >= 4 is 17.9 Å². The molecule has 0 aliphatic carbocycles. The number of hydrogen-bond acceptors (Lipinski definition) is 5. The number of carbonyl (C=O) groups excluding carboxylic acids is 3. The summed E-state index contributed by atoms with van der Waals surface area (Å²) in [5.74, 6) is -0.987. The molecule has 0 fully saturated rings. The van der Waals surface area contributed by atoms with Gasteiger partial charge in [-0.25, -0.2) is 4.79 Å². The SMILES string of the molecule is CCN(CC(=O)OC)C(C)C(=O)NC(N)=O. The Kier molecular flexibility index (Phi) is 6.09. The molecule has 7 heteroatoms. The highest BCUT2D eigenvalue weighted by Gasteiger charge is 2.23. The van der Waals surface area contributed by atoms with Gasteiger partial charge in [-0.15, -0.1) is 0 Å². The van der Waals surface area contributed by atoms with E-state index in [4.69, 9.17) is 5.73 Å². The van der Waals surface area contributed by atoms with Gasteiger partial charge < -0.3 is 10.5 Å². The number of amides is 3. The van der Waals surface area contributed by atoms with Gasteiger partial charge in [-0.3, -0.25) is 19.8 Å². The molecule has 1 unspecified atom stereocenters. The van der Waals surface area contributed by atoms with E-state index < -0.39 is 23.9 Å². The summed E-state index contributed by atoms with van der Waals surface area (Å²) in [6.07, 6.45) is 0. The Bertz CT molecular complexity index is 280. The quantitative estimate of drug-likeness (QED) is 0.595. The molecule has 0 bridgehead atoms. The lowest BCUT2D eigenvalue weighted by molar-refractivity contribution is -0.143. The summed E-state index contributed by atoms with van der Waals surface area (Å²) >= 11 is 0. The molecule has 0 aromatic heterocycles. The molecule has 3 amide bonds. The molecule has 1 atom stereocenters. The molecule has 0 rings (SSSR count). The number of methoxy groups -OCH3 is 1. The first-order chi connectivity index (χ1) is 7.42. The van der Waals surface area contributed by atoms with Crippen LogP contribution in [0.1, 0.15) is 13.8 Å². The Labute approximate surface area is 93.9 Å². The van der Waals surface area contributed by atoms with Crippen molar-refractivity contribution in [3.63, 3.8) is 0 Å². The van der Waals surface area contributed by atoms with Gasteiger partial charge >= 0.3 is 12.0 Å². The molecule has 16 heavy (non-hydrogen) atoms. The number of nitrogens with one attached hydrogen (secondary N) is 1. The van der Waals surface area contributed by atoms with Gasteiger partial charge in [0.1, 0.15) is 0 Å². The lowest BCUT2D eigenvalue weighted by Crippen LogP contribution is -2.49. The van der Waals surface area contributed by atoms with E-state index in [0.717, 1.165) is 0 Å². The fraction of sp³-hybridized carbons (Fsp3) is 0.667. The van der Waals surface area contributed by atoms with E-state index >= 15 is 0 Å². The fourth-order valence-corrected chi connectivity index (χ4v) is 1.14. The first-order valence-electron chi connectivity index (χ1n) is 4.83. The van der Waals surface area contributed by atoms with Crippen LogP contribution in [0.15, 0.2) is 0 Å². The molecule has 0 aliphatic rings. The summed E-state index contributed by atoms with van der Waals surface area (Å²) in [5.41, 5.74) is 4.82. The first-order valence-corrected chi connectivity index (χ1v) is 4.83. The minimum Gasteiger partial charge on any atom is -0.468 e. The standard InChI is InChI=1S/C9H17N3O4/c1-4-12(5-7(13)16-3)6(2)8(14)11-9(10)15/h6H,4-5H2,1-3H3,(H3,10,11,14,15). The van der Waals surface area contributed by atoms with Gasteiger partial charge in [0.15, 0.2) is 0 Å². The minimum atomic E-state index is -0.911. The van der Waals surface area contributed by atoms with Crippen LogP contribution in [0.4, 0.5) is 4.79 Å². The summed E-state index contributed by atoms with van der Waals surface area (Å²) in [6, 6.07) is -1.54. The van der Waals surface area contributed by atoms with Gasteiger partial charge in [0.2, 0.25) is 5.91 Å². The second-order valence-electron chi connectivity index (χ2n) is 3.17. The van der Waals surface area contributed by atoms with Crippen molar-refractivity contribution in [2.45, 2.75) is 19.9 Å².